The first kappa shape index (κ1) is 18.8. The zero-order valence-corrected chi connectivity index (χ0v) is 13.7. The maximum atomic E-state index is 12.1. The summed E-state index contributed by atoms with van der Waals surface area (Å²) < 4.78 is 0. The highest BCUT2D eigenvalue weighted by molar-refractivity contribution is 6.12. The van der Waals surface area contributed by atoms with Gasteiger partial charge in [-0.2, -0.15) is 0 Å². The SMILES string of the molecule is CC(C)[C@@H](NC(=O)[C@@H](C)N)C(=O)NCCCN1C(=O)C=CC1=O. The smallest absolute Gasteiger partial charge is 0.253 e. The normalized spacial score (nSPS) is 16.7. The maximum absolute atomic E-state index is 12.1. The van der Waals surface area contributed by atoms with Crippen molar-refractivity contribution in [1.82, 2.24) is 15.5 Å². The van der Waals surface area contributed by atoms with E-state index in [2.05, 4.69) is 10.6 Å². The Morgan fingerprint density at radius 1 is 1.13 bits per heavy atom. The number of hydrogen-bond donors (Lipinski definition) is 3. The first-order valence-corrected chi connectivity index (χ1v) is 7.61. The highest BCUT2D eigenvalue weighted by Gasteiger charge is 2.25. The van der Waals surface area contributed by atoms with Crippen LogP contribution in [0.5, 0.6) is 0 Å². The van der Waals surface area contributed by atoms with Gasteiger partial charge in [0.15, 0.2) is 0 Å². The standard InChI is InChI=1S/C15H24N4O4/c1-9(2)13(18-14(22)10(3)16)15(23)17-7-4-8-19-11(20)5-6-12(19)21/h5-6,9-10,13H,4,7-8,16H2,1-3H3,(H,17,23)(H,18,22)/t10-,13-/m1/s1. The largest absolute Gasteiger partial charge is 0.354 e. The summed E-state index contributed by atoms with van der Waals surface area (Å²) in [5.74, 6) is -1.48. The molecule has 0 saturated carbocycles. The van der Waals surface area contributed by atoms with Gasteiger partial charge < -0.3 is 16.4 Å². The molecule has 1 rings (SSSR count). The third-order valence-corrected chi connectivity index (χ3v) is 3.42. The van der Waals surface area contributed by atoms with Gasteiger partial charge >= 0.3 is 0 Å². The van der Waals surface area contributed by atoms with Gasteiger partial charge in [0, 0.05) is 25.2 Å². The topological polar surface area (TPSA) is 122 Å². The van der Waals surface area contributed by atoms with Crippen LogP contribution in [0.15, 0.2) is 12.2 Å². The van der Waals surface area contributed by atoms with E-state index in [0.717, 1.165) is 4.90 Å². The summed E-state index contributed by atoms with van der Waals surface area (Å²) in [5, 5.41) is 5.31. The van der Waals surface area contributed by atoms with E-state index >= 15 is 0 Å². The number of carbonyl (C=O) groups excluding carboxylic acids is 4. The first-order valence-electron chi connectivity index (χ1n) is 7.61. The van der Waals surface area contributed by atoms with E-state index in [9.17, 15) is 19.2 Å². The van der Waals surface area contributed by atoms with Crippen molar-refractivity contribution in [1.29, 1.82) is 0 Å². The predicted molar refractivity (Wildman–Crippen MR) is 83.9 cm³/mol. The molecule has 8 nitrogen and oxygen atoms in total. The molecule has 0 unspecified atom stereocenters. The quantitative estimate of drug-likeness (QED) is 0.387. The molecule has 128 valence electrons. The average molecular weight is 324 g/mol. The fourth-order valence-electron chi connectivity index (χ4n) is 2.03. The summed E-state index contributed by atoms with van der Waals surface area (Å²) >= 11 is 0. The number of rotatable bonds is 8. The van der Waals surface area contributed by atoms with Gasteiger partial charge in [0.1, 0.15) is 6.04 Å². The van der Waals surface area contributed by atoms with Crippen molar-refractivity contribution < 1.29 is 19.2 Å². The number of imide groups is 1. The van der Waals surface area contributed by atoms with Gasteiger partial charge in [-0.15, -0.1) is 0 Å². The molecule has 0 saturated heterocycles. The lowest BCUT2D eigenvalue weighted by atomic mass is 10.0. The summed E-state index contributed by atoms with van der Waals surface area (Å²) in [4.78, 5) is 47.6. The van der Waals surface area contributed by atoms with Crippen molar-refractivity contribution in [3.05, 3.63) is 12.2 Å². The molecule has 8 heteroatoms. The molecule has 1 aliphatic heterocycles. The fraction of sp³-hybridized carbons (Fsp3) is 0.600. The third-order valence-electron chi connectivity index (χ3n) is 3.42. The second-order valence-corrected chi connectivity index (χ2v) is 5.82. The van der Waals surface area contributed by atoms with Crippen LogP contribution in [0, 0.1) is 5.92 Å². The van der Waals surface area contributed by atoms with Crippen LogP contribution in [0.2, 0.25) is 0 Å². The first-order chi connectivity index (χ1) is 10.7. The lowest BCUT2D eigenvalue weighted by Gasteiger charge is -2.23. The van der Waals surface area contributed by atoms with E-state index in [1.54, 1.807) is 6.92 Å². The molecule has 1 aliphatic rings. The number of nitrogens with two attached hydrogens (primary N) is 1. The molecule has 4 N–H and O–H groups in total. The molecular formula is C15H24N4O4. The second kappa shape index (κ2) is 8.42. The van der Waals surface area contributed by atoms with E-state index in [-0.39, 0.29) is 30.2 Å². The van der Waals surface area contributed by atoms with Gasteiger partial charge in [-0.3, -0.25) is 24.1 Å². The van der Waals surface area contributed by atoms with Gasteiger partial charge in [0.05, 0.1) is 6.04 Å². The summed E-state index contributed by atoms with van der Waals surface area (Å²) in [6.07, 6.45) is 2.88. The van der Waals surface area contributed by atoms with Crippen molar-refractivity contribution in [3.63, 3.8) is 0 Å². The Morgan fingerprint density at radius 2 is 1.70 bits per heavy atom. The molecule has 0 radical (unpaired) electrons. The zero-order valence-electron chi connectivity index (χ0n) is 13.7. The van der Waals surface area contributed by atoms with Crippen molar-refractivity contribution in [2.24, 2.45) is 11.7 Å². The van der Waals surface area contributed by atoms with Crippen LogP contribution in [-0.2, 0) is 19.2 Å². The predicted octanol–water partition coefficient (Wildman–Crippen LogP) is -1.09. The van der Waals surface area contributed by atoms with Crippen molar-refractivity contribution in [3.8, 4) is 0 Å². The monoisotopic (exact) mass is 324 g/mol. The van der Waals surface area contributed by atoms with E-state index in [1.807, 2.05) is 13.8 Å². The number of nitrogens with one attached hydrogen (secondary N) is 2. The number of amides is 4. The van der Waals surface area contributed by atoms with Gasteiger partial charge in [0.2, 0.25) is 11.8 Å². The van der Waals surface area contributed by atoms with E-state index in [4.69, 9.17) is 5.73 Å². The van der Waals surface area contributed by atoms with Crippen LogP contribution in [0.4, 0.5) is 0 Å². The van der Waals surface area contributed by atoms with Crippen LogP contribution in [-0.4, -0.2) is 53.7 Å². The lowest BCUT2D eigenvalue weighted by molar-refractivity contribution is -0.136. The number of carbonyl (C=O) groups is 4. The maximum Gasteiger partial charge on any atom is 0.253 e. The second-order valence-electron chi connectivity index (χ2n) is 5.82. The third kappa shape index (κ3) is 5.48. The van der Waals surface area contributed by atoms with E-state index in [1.165, 1.54) is 12.2 Å². The number of nitrogens with zero attached hydrogens (tertiary/aromatic N) is 1. The van der Waals surface area contributed by atoms with Gasteiger partial charge in [0.25, 0.3) is 11.8 Å². The molecule has 23 heavy (non-hydrogen) atoms. The Kier molecular flexibility index (Phi) is 6.89. The molecule has 1 heterocycles. The Labute approximate surface area is 135 Å². The molecule has 0 spiro atoms. The van der Waals surface area contributed by atoms with E-state index in [0.29, 0.717) is 13.0 Å². The number of hydrogen-bond acceptors (Lipinski definition) is 5. The van der Waals surface area contributed by atoms with Crippen molar-refractivity contribution >= 4 is 23.6 Å². The highest BCUT2D eigenvalue weighted by atomic mass is 16.2. The van der Waals surface area contributed by atoms with Crippen molar-refractivity contribution in [2.75, 3.05) is 13.1 Å². The van der Waals surface area contributed by atoms with Crippen LogP contribution < -0.4 is 16.4 Å². The molecule has 0 fully saturated rings. The molecule has 0 bridgehead atoms. The van der Waals surface area contributed by atoms with E-state index < -0.39 is 18.0 Å². The Bertz CT molecular complexity index is 496. The zero-order chi connectivity index (χ0) is 17.6. The van der Waals surface area contributed by atoms with Gasteiger partial charge in [-0.25, -0.2) is 0 Å². The van der Waals surface area contributed by atoms with Gasteiger partial charge in [-0.05, 0) is 19.3 Å². The molecule has 2 atom stereocenters. The Morgan fingerprint density at radius 3 is 2.17 bits per heavy atom. The van der Waals surface area contributed by atoms with Crippen LogP contribution in [0.1, 0.15) is 27.2 Å². The van der Waals surface area contributed by atoms with Crippen molar-refractivity contribution in [2.45, 2.75) is 39.3 Å². The summed E-state index contributed by atoms with van der Waals surface area (Å²) in [6, 6.07) is -1.37. The average Bonchev–Trinajstić information content (AvgIpc) is 2.79. The molecular weight excluding hydrogens is 300 g/mol. The minimum absolute atomic E-state index is 0.0939. The molecule has 0 aromatic rings. The molecule has 0 aliphatic carbocycles. The van der Waals surface area contributed by atoms with Crippen LogP contribution in [0.3, 0.4) is 0 Å². The van der Waals surface area contributed by atoms with Gasteiger partial charge in [-0.1, -0.05) is 13.8 Å². The minimum atomic E-state index is -0.691. The summed E-state index contributed by atoms with van der Waals surface area (Å²) in [6.45, 7) is 5.72. The Hall–Kier alpha value is -2.22. The summed E-state index contributed by atoms with van der Waals surface area (Å²) in [5.41, 5.74) is 5.48. The Balaban J connectivity index is 2.39. The minimum Gasteiger partial charge on any atom is -0.354 e. The van der Waals surface area contributed by atoms with Crippen LogP contribution >= 0.6 is 0 Å². The molecule has 4 amide bonds. The molecule has 0 aromatic carbocycles. The lowest BCUT2D eigenvalue weighted by Crippen LogP contribution is -2.53. The highest BCUT2D eigenvalue weighted by Crippen LogP contribution is 2.05. The summed E-state index contributed by atoms with van der Waals surface area (Å²) in [7, 11) is 0. The van der Waals surface area contributed by atoms with Crippen LogP contribution in [0.25, 0.3) is 0 Å². The molecule has 0 aromatic heterocycles. The fourth-order valence-corrected chi connectivity index (χ4v) is 2.03.